The van der Waals surface area contributed by atoms with Crippen LogP contribution in [0.5, 0.6) is 0 Å². The van der Waals surface area contributed by atoms with E-state index in [1.807, 2.05) is 19.3 Å². The van der Waals surface area contributed by atoms with Crippen LogP contribution in [0.2, 0.25) is 0 Å². The molecule has 1 aliphatic rings. The lowest BCUT2D eigenvalue weighted by Crippen LogP contribution is -1.83. The number of aliphatic imine (C=N–C) groups is 1. The second-order valence-corrected chi connectivity index (χ2v) is 2.79. The van der Waals surface area contributed by atoms with Crippen LogP contribution >= 0.6 is 0 Å². The normalized spacial score (nSPS) is 21.7. The molecule has 1 fully saturated rings. The minimum atomic E-state index is 0.823. The molecule has 1 nitrogen and oxygen atoms in total. The monoisotopic (exact) mass is 137 g/mol. The molecule has 0 unspecified atom stereocenters. The average Bonchev–Trinajstić information content (AvgIpc) is 2.41. The minimum absolute atomic E-state index is 0.823. The van der Waals surface area contributed by atoms with E-state index in [0.717, 1.165) is 5.92 Å². The van der Waals surface area contributed by atoms with E-state index in [9.17, 15) is 0 Å². The van der Waals surface area contributed by atoms with Crippen LogP contribution in [-0.2, 0) is 0 Å². The highest BCUT2D eigenvalue weighted by Crippen LogP contribution is 2.25. The highest BCUT2D eigenvalue weighted by Gasteiger charge is 2.10. The van der Waals surface area contributed by atoms with Crippen LogP contribution < -0.4 is 0 Å². The molecule has 1 heteroatoms. The molecule has 0 amide bonds. The average molecular weight is 137 g/mol. The number of nitrogens with zero attached hydrogens (tertiary/aromatic N) is 1. The van der Waals surface area contributed by atoms with Crippen molar-refractivity contribution in [3.05, 3.63) is 12.3 Å². The SMILES string of the molecule is CC=N/C=C/C1CCCC1. The second kappa shape index (κ2) is 4.26. The first-order valence-electron chi connectivity index (χ1n) is 4.08. The molecule has 0 N–H and O–H groups in total. The van der Waals surface area contributed by atoms with Crippen molar-refractivity contribution < 1.29 is 0 Å². The summed E-state index contributed by atoms with van der Waals surface area (Å²) < 4.78 is 0. The predicted molar refractivity (Wildman–Crippen MR) is 45.3 cm³/mol. The molecular weight excluding hydrogens is 122 g/mol. The van der Waals surface area contributed by atoms with E-state index in [0.29, 0.717) is 0 Å². The molecule has 0 spiro atoms. The van der Waals surface area contributed by atoms with E-state index < -0.39 is 0 Å². The van der Waals surface area contributed by atoms with Gasteiger partial charge in [-0.05, 0) is 25.7 Å². The van der Waals surface area contributed by atoms with Crippen molar-refractivity contribution in [3.63, 3.8) is 0 Å². The third-order valence-corrected chi connectivity index (χ3v) is 1.99. The summed E-state index contributed by atoms with van der Waals surface area (Å²) in [6, 6.07) is 0. The maximum Gasteiger partial charge on any atom is 0.0226 e. The van der Waals surface area contributed by atoms with Crippen LogP contribution in [0, 0.1) is 5.92 Å². The van der Waals surface area contributed by atoms with Gasteiger partial charge in [-0.25, -0.2) is 0 Å². The first kappa shape index (κ1) is 7.52. The Morgan fingerprint density at radius 3 is 2.60 bits per heavy atom. The van der Waals surface area contributed by atoms with E-state index >= 15 is 0 Å². The quantitative estimate of drug-likeness (QED) is 0.519. The molecule has 0 bridgehead atoms. The summed E-state index contributed by atoms with van der Waals surface area (Å²) in [5.74, 6) is 0.823. The van der Waals surface area contributed by atoms with Crippen LogP contribution in [0.1, 0.15) is 32.6 Å². The lowest BCUT2D eigenvalue weighted by molar-refractivity contribution is 0.684. The van der Waals surface area contributed by atoms with Gasteiger partial charge in [0, 0.05) is 12.4 Å². The van der Waals surface area contributed by atoms with Gasteiger partial charge in [0.1, 0.15) is 0 Å². The van der Waals surface area contributed by atoms with Crippen molar-refractivity contribution in [3.8, 4) is 0 Å². The van der Waals surface area contributed by atoms with Crippen LogP contribution in [0.15, 0.2) is 17.3 Å². The zero-order chi connectivity index (χ0) is 7.23. The fourth-order valence-electron chi connectivity index (χ4n) is 1.41. The summed E-state index contributed by atoms with van der Waals surface area (Å²) in [6.45, 7) is 1.94. The second-order valence-electron chi connectivity index (χ2n) is 2.79. The van der Waals surface area contributed by atoms with Crippen LogP contribution in [0.3, 0.4) is 0 Å². The summed E-state index contributed by atoms with van der Waals surface area (Å²) in [6.07, 6.45) is 11.5. The Hall–Kier alpha value is -0.590. The van der Waals surface area contributed by atoms with Gasteiger partial charge >= 0.3 is 0 Å². The van der Waals surface area contributed by atoms with Gasteiger partial charge in [0.25, 0.3) is 0 Å². The molecule has 1 rings (SSSR count). The lowest BCUT2D eigenvalue weighted by atomic mass is 10.1. The van der Waals surface area contributed by atoms with E-state index in [-0.39, 0.29) is 0 Å². The van der Waals surface area contributed by atoms with Crippen molar-refractivity contribution in [2.75, 3.05) is 0 Å². The van der Waals surface area contributed by atoms with Gasteiger partial charge in [0.05, 0.1) is 0 Å². The standard InChI is InChI=1S/C9H15N/c1-2-10-8-7-9-5-3-4-6-9/h2,7-9H,3-6H2,1H3/b8-7+,10-2?. The number of rotatable bonds is 2. The van der Waals surface area contributed by atoms with E-state index in [2.05, 4.69) is 11.1 Å². The van der Waals surface area contributed by atoms with Crippen LogP contribution in [-0.4, -0.2) is 6.21 Å². The molecule has 0 saturated heterocycles. The van der Waals surface area contributed by atoms with Gasteiger partial charge in [-0.15, -0.1) is 0 Å². The molecule has 0 aromatic rings. The molecule has 1 aliphatic carbocycles. The highest BCUT2D eigenvalue weighted by atomic mass is 14.6. The fourth-order valence-corrected chi connectivity index (χ4v) is 1.41. The van der Waals surface area contributed by atoms with E-state index in [4.69, 9.17) is 0 Å². The van der Waals surface area contributed by atoms with Gasteiger partial charge in [-0.2, -0.15) is 0 Å². The Balaban J connectivity index is 2.22. The smallest absolute Gasteiger partial charge is 0.0226 e. The van der Waals surface area contributed by atoms with Crippen molar-refractivity contribution in [1.82, 2.24) is 0 Å². The van der Waals surface area contributed by atoms with Gasteiger partial charge in [0.2, 0.25) is 0 Å². The molecular formula is C9H15N. The van der Waals surface area contributed by atoms with Crippen molar-refractivity contribution in [2.24, 2.45) is 10.9 Å². The van der Waals surface area contributed by atoms with Gasteiger partial charge in [-0.3, -0.25) is 4.99 Å². The number of allylic oxidation sites excluding steroid dienone is 1. The summed E-state index contributed by atoms with van der Waals surface area (Å²) in [7, 11) is 0. The van der Waals surface area contributed by atoms with Gasteiger partial charge in [-0.1, -0.05) is 18.9 Å². The molecule has 0 heterocycles. The molecule has 56 valence electrons. The maximum atomic E-state index is 4.03. The Kier molecular flexibility index (Phi) is 3.20. The Bertz CT molecular complexity index is 130. The van der Waals surface area contributed by atoms with E-state index in [1.54, 1.807) is 0 Å². The summed E-state index contributed by atoms with van der Waals surface area (Å²) in [5.41, 5.74) is 0. The molecule has 0 aromatic carbocycles. The highest BCUT2D eigenvalue weighted by molar-refractivity contribution is 5.54. The van der Waals surface area contributed by atoms with Crippen LogP contribution in [0.4, 0.5) is 0 Å². The molecule has 0 aromatic heterocycles. The number of hydrogen-bond donors (Lipinski definition) is 0. The van der Waals surface area contributed by atoms with Crippen LogP contribution in [0.25, 0.3) is 0 Å². The van der Waals surface area contributed by atoms with Gasteiger partial charge < -0.3 is 0 Å². The first-order chi connectivity index (χ1) is 4.93. The third kappa shape index (κ3) is 2.34. The zero-order valence-electron chi connectivity index (χ0n) is 6.59. The Morgan fingerprint density at radius 2 is 2.00 bits per heavy atom. The Labute approximate surface area is 62.9 Å². The van der Waals surface area contributed by atoms with Crippen molar-refractivity contribution in [2.45, 2.75) is 32.6 Å². The molecule has 0 aliphatic heterocycles. The lowest BCUT2D eigenvalue weighted by Gasteiger charge is -1.96. The molecule has 1 saturated carbocycles. The molecule has 0 radical (unpaired) electrons. The molecule has 0 atom stereocenters. The summed E-state index contributed by atoms with van der Waals surface area (Å²) in [5, 5.41) is 0. The summed E-state index contributed by atoms with van der Waals surface area (Å²) >= 11 is 0. The summed E-state index contributed by atoms with van der Waals surface area (Å²) in [4.78, 5) is 4.03. The Morgan fingerprint density at radius 1 is 1.30 bits per heavy atom. The minimum Gasteiger partial charge on any atom is -0.270 e. The molecule has 10 heavy (non-hydrogen) atoms. The van der Waals surface area contributed by atoms with E-state index in [1.165, 1.54) is 25.7 Å². The van der Waals surface area contributed by atoms with Crippen molar-refractivity contribution >= 4 is 6.21 Å². The first-order valence-corrected chi connectivity index (χ1v) is 4.08. The largest absolute Gasteiger partial charge is 0.270 e. The van der Waals surface area contributed by atoms with Crippen molar-refractivity contribution in [1.29, 1.82) is 0 Å². The fraction of sp³-hybridized carbons (Fsp3) is 0.667. The zero-order valence-corrected chi connectivity index (χ0v) is 6.59. The third-order valence-electron chi connectivity index (χ3n) is 1.99. The topological polar surface area (TPSA) is 12.4 Å². The van der Waals surface area contributed by atoms with Gasteiger partial charge in [0.15, 0.2) is 0 Å². The number of hydrogen-bond acceptors (Lipinski definition) is 1. The predicted octanol–water partition coefficient (Wildman–Crippen LogP) is 2.78. The maximum absolute atomic E-state index is 4.03.